The van der Waals surface area contributed by atoms with Gasteiger partial charge in [-0.1, -0.05) is 36.4 Å². The summed E-state index contributed by atoms with van der Waals surface area (Å²) < 4.78 is 5.98. The van der Waals surface area contributed by atoms with Crippen LogP contribution in [0.5, 0.6) is 0 Å². The molecule has 2 aliphatic rings. The van der Waals surface area contributed by atoms with E-state index in [-0.39, 0.29) is 24.5 Å². The Balaban J connectivity index is 1.46. The minimum absolute atomic E-state index is 0.218. The van der Waals surface area contributed by atoms with Crippen molar-refractivity contribution in [3.05, 3.63) is 89.2 Å². The molecule has 5 rings (SSSR count). The molecule has 0 spiro atoms. The molecule has 0 fully saturated rings. The lowest BCUT2D eigenvalue weighted by molar-refractivity contribution is 0.0314. The predicted molar refractivity (Wildman–Crippen MR) is 99.0 cm³/mol. The largest absolute Gasteiger partial charge is 0.367 e. The molecule has 132 valence electrons. The molecule has 0 bridgehead atoms. The van der Waals surface area contributed by atoms with Crippen LogP contribution in [0.15, 0.2) is 67.0 Å². The molecule has 1 atom stereocenters. The maximum absolute atomic E-state index is 12.6. The van der Waals surface area contributed by atoms with Crippen LogP contribution in [0.1, 0.15) is 37.9 Å². The smallest absolute Gasteiger partial charge is 0.261 e. The van der Waals surface area contributed by atoms with Gasteiger partial charge in [-0.25, -0.2) is 0 Å². The summed E-state index contributed by atoms with van der Waals surface area (Å²) in [6, 6.07) is 16.9. The van der Waals surface area contributed by atoms with E-state index in [9.17, 15) is 9.59 Å². The first kappa shape index (κ1) is 15.9. The summed E-state index contributed by atoms with van der Waals surface area (Å²) in [5.41, 5.74) is 5.14. The molecule has 27 heavy (non-hydrogen) atoms. The Hall–Kier alpha value is -3.31. The summed E-state index contributed by atoms with van der Waals surface area (Å²) in [6.45, 7) is 0.671. The topological polar surface area (TPSA) is 59.5 Å². The number of rotatable bonds is 3. The van der Waals surface area contributed by atoms with Crippen molar-refractivity contribution in [1.82, 2.24) is 9.88 Å². The van der Waals surface area contributed by atoms with E-state index in [4.69, 9.17) is 4.74 Å². The molecule has 2 aliphatic heterocycles. The molecule has 0 aliphatic carbocycles. The van der Waals surface area contributed by atoms with Crippen molar-refractivity contribution in [3.8, 4) is 11.1 Å². The molecule has 0 N–H and O–H groups in total. The van der Waals surface area contributed by atoms with Gasteiger partial charge in [-0.05, 0) is 34.9 Å². The van der Waals surface area contributed by atoms with Crippen LogP contribution in [0, 0.1) is 0 Å². The van der Waals surface area contributed by atoms with Crippen molar-refractivity contribution in [2.75, 3.05) is 6.54 Å². The minimum Gasteiger partial charge on any atom is -0.367 e. The highest BCUT2D eigenvalue weighted by Crippen LogP contribution is 2.38. The Bertz CT molecular complexity index is 1030. The number of aromatic nitrogens is 1. The standard InChI is InChI=1S/C22H16N2O3/c25-21-17-6-1-2-7-18(17)22(26)24(21)12-20-16-9-3-8-15(19(16)13-27-20)14-5-4-10-23-11-14/h1-11,20H,12-13H2. The van der Waals surface area contributed by atoms with Crippen LogP contribution in [-0.2, 0) is 11.3 Å². The lowest BCUT2D eigenvalue weighted by atomic mass is 9.96. The van der Waals surface area contributed by atoms with Crippen LogP contribution in [-0.4, -0.2) is 28.2 Å². The molecule has 0 radical (unpaired) electrons. The van der Waals surface area contributed by atoms with Crippen LogP contribution in [0.4, 0.5) is 0 Å². The summed E-state index contributed by atoms with van der Waals surface area (Å²) in [4.78, 5) is 30.8. The summed E-state index contributed by atoms with van der Waals surface area (Å²) >= 11 is 0. The van der Waals surface area contributed by atoms with Gasteiger partial charge < -0.3 is 4.74 Å². The second-order valence-corrected chi connectivity index (χ2v) is 6.68. The Morgan fingerprint density at radius 1 is 0.926 bits per heavy atom. The van der Waals surface area contributed by atoms with E-state index in [2.05, 4.69) is 4.98 Å². The van der Waals surface area contributed by atoms with Crippen LogP contribution in [0.25, 0.3) is 11.1 Å². The Labute approximate surface area is 156 Å². The molecule has 5 nitrogen and oxygen atoms in total. The lowest BCUT2D eigenvalue weighted by Gasteiger charge is -2.19. The highest BCUT2D eigenvalue weighted by molar-refractivity contribution is 6.21. The van der Waals surface area contributed by atoms with Gasteiger partial charge in [-0.3, -0.25) is 19.5 Å². The third-order valence-corrected chi connectivity index (χ3v) is 5.19. The van der Waals surface area contributed by atoms with Gasteiger partial charge >= 0.3 is 0 Å². The summed E-state index contributed by atoms with van der Waals surface area (Å²) in [7, 11) is 0. The maximum Gasteiger partial charge on any atom is 0.261 e. The molecule has 1 unspecified atom stereocenters. The van der Waals surface area contributed by atoms with Gasteiger partial charge in [0.1, 0.15) is 6.10 Å². The van der Waals surface area contributed by atoms with E-state index in [1.54, 1.807) is 30.5 Å². The molecule has 0 saturated heterocycles. The highest BCUT2D eigenvalue weighted by atomic mass is 16.5. The number of hydrogen-bond donors (Lipinski definition) is 0. The number of ether oxygens (including phenoxy) is 1. The molecule has 5 heteroatoms. The molecule has 2 aromatic carbocycles. The first-order valence-corrected chi connectivity index (χ1v) is 8.83. The van der Waals surface area contributed by atoms with E-state index in [1.807, 2.05) is 36.5 Å². The van der Waals surface area contributed by atoms with E-state index < -0.39 is 0 Å². The number of hydrogen-bond acceptors (Lipinski definition) is 4. The fourth-order valence-corrected chi connectivity index (χ4v) is 3.86. The van der Waals surface area contributed by atoms with Gasteiger partial charge in [0.25, 0.3) is 11.8 Å². The average Bonchev–Trinajstić information content (AvgIpc) is 3.24. The number of fused-ring (bicyclic) bond motifs is 2. The van der Waals surface area contributed by atoms with Gasteiger partial charge in [-0.2, -0.15) is 0 Å². The van der Waals surface area contributed by atoms with Gasteiger partial charge in [0.2, 0.25) is 0 Å². The van der Waals surface area contributed by atoms with Crippen molar-refractivity contribution in [2.24, 2.45) is 0 Å². The Morgan fingerprint density at radius 2 is 1.67 bits per heavy atom. The Kier molecular flexibility index (Phi) is 3.62. The van der Waals surface area contributed by atoms with E-state index >= 15 is 0 Å². The zero-order chi connectivity index (χ0) is 18.4. The SMILES string of the molecule is O=C1c2ccccc2C(=O)N1CC1OCc2c(-c3cccnc3)cccc21. The monoisotopic (exact) mass is 356 g/mol. The van der Waals surface area contributed by atoms with E-state index in [0.29, 0.717) is 17.7 Å². The van der Waals surface area contributed by atoms with Crippen LogP contribution < -0.4 is 0 Å². The second-order valence-electron chi connectivity index (χ2n) is 6.68. The molecular weight excluding hydrogens is 340 g/mol. The summed E-state index contributed by atoms with van der Waals surface area (Å²) in [6.07, 6.45) is 3.25. The molecule has 3 aromatic rings. The van der Waals surface area contributed by atoms with Gasteiger partial charge in [-0.15, -0.1) is 0 Å². The molecular formula is C22H16N2O3. The molecule has 1 aromatic heterocycles. The van der Waals surface area contributed by atoms with Crippen molar-refractivity contribution in [3.63, 3.8) is 0 Å². The van der Waals surface area contributed by atoms with Crippen molar-refractivity contribution >= 4 is 11.8 Å². The van der Waals surface area contributed by atoms with Gasteiger partial charge in [0.05, 0.1) is 24.3 Å². The predicted octanol–water partition coefficient (Wildman–Crippen LogP) is 3.62. The summed E-state index contributed by atoms with van der Waals surface area (Å²) in [5, 5.41) is 0. The number of nitrogens with zero attached hydrogens (tertiary/aromatic N) is 2. The van der Waals surface area contributed by atoms with Gasteiger partial charge in [0.15, 0.2) is 0 Å². The average molecular weight is 356 g/mol. The lowest BCUT2D eigenvalue weighted by Crippen LogP contribution is -2.33. The van der Waals surface area contributed by atoms with Crippen molar-refractivity contribution in [1.29, 1.82) is 0 Å². The number of imide groups is 1. The molecule has 3 heterocycles. The fraction of sp³-hybridized carbons (Fsp3) is 0.136. The number of benzene rings is 2. The number of pyridine rings is 1. The third kappa shape index (κ3) is 2.47. The van der Waals surface area contributed by atoms with E-state index in [1.165, 1.54) is 4.90 Å². The van der Waals surface area contributed by atoms with Crippen LogP contribution in [0.2, 0.25) is 0 Å². The highest BCUT2D eigenvalue weighted by Gasteiger charge is 2.38. The van der Waals surface area contributed by atoms with Crippen LogP contribution in [0.3, 0.4) is 0 Å². The minimum atomic E-state index is -0.321. The van der Waals surface area contributed by atoms with Crippen molar-refractivity contribution in [2.45, 2.75) is 12.7 Å². The van der Waals surface area contributed by atoms with Crippen LogP contribution >= 0.6 is 0 Å². The maximum atomic E-state index is 12.6. The first-order valence-electron chi connectivity index (χ1n) is 8.83. The normalized spacial score (nSPS) is 17.9. The zero-order valence-corrected chi connectivity index (χ0v) is 14.5. The molecule has 0 saturated carbocycles. The number of carbonyl (C=O) groups is 2. The van der Waals surface area contributed by atoms with Crippen molar-refractivity contribution < 1.29 is 14.3 Å². The number of amides is 2. The third-order valence-electron chi connectivity index (χ3n) is 5.19. The fourth-order valence-electron chi connectivity index (χ4n) is 3.86. The van der Waals surface area contributed by atoms with Gasteiger partial charge in [0, 0.05) is 18.0 Å². The van der Waals surface area contributed by atoms with E-state index in [0.717, 1.165) is 22.3 Å². The zero-order valence-electron chi connectivity index (χ0n) is 14.5. The Morgan fingerprint density at radius 3 is 2.37 bits per heavy atom. The molecule has 2 amide bonds. The second kappa shape index (κ2) is 6.14. The first-order chi connectivity index (χ1) is 13.2. The quantitative estimate of drug-likeness (QED) is 0.673. The number of carbonyl (C=O) groups excluding carboxylic acids is 2. The summed E-state index contributed by atoms with van der Waals surface area (Å²) in [5.74, 6) is -0.507.